The predicted molar refractivity (Wildman–Crippen MR) is 92.5 cm³/mol. The van der Waals surface area contributed by atoms with E-state index in [1.165, 1.54) is 0 Å². The Kier molecular flexibility index (Phi) is 6.77. The summed E-state index contributed by atoms with van der Waals surface area (Å²) in [4.78, 5) is 26.2. The third-order valence-corrected chi connectivity index (χ3v) is 4.64. The quantitative estimate of drug-likeness (QED) is 0.773. The summed E-state index contributed by atoms with van der Waals surface area (Å²) in [5.41, 5.74) is 0.965. The number of nitrogens with one attached hydrogen (secondary N) is 1. The number of thioether (sulfide) groups is 1. The first-order valence-electron chi connectivity index (χ1n) is 7.82. The number of ether oxygens (including phenoxy) is 1. The van der Waals surface area contributed by atoms with E-state index in [9.17, 15) is 9.59 Å². The lowest BCUT2D eigenvalue weighted by atomic mass is 9.96. The van der Waals surface area contributed by atoms with Crippen LogP contribution in [0.2, 0.25) is 0 Å². The summed E-state index contributed by atoms with van der Waals surface area (Å²) in [6, 6.07) is 7.67. The van der Waals surface area contributed by atoms with Gasteiger partial charge in [0.2, 0.25) is 11.8 Å². The molecule has 126 valence electrons. The maximum absolute atomic E-state index is 12.2. The minimum Gasteiger partial charge on any atom is -0.496 e. The molecule has 0 spiro atoms. The molecule has 2 rings (SSSR count). The van der Waals surface area contributed by atoms with Crippen molar-refractivity contribution in [2.75, 3.05) is 32.2 Å². The van der Waals surface area contributed by atoms with Crippen molar-refractivity contribution in [3.05, 3.63) is 29.8 Å². The van der Waals surface area contributed by atoms with Gasteiger partial charge in [0.15, 0.2) is 0 Å². The maximum atomic E-state index is 12.2. The highest BCUT2D eigenvalue weighted by Crippen LogP contribution is 2.24. The number of amides is 2. The van der Waals surface area contributed by atoms with Gasteiger partial charge in [-0.2, -0.15) is 11.8 Å². The molecule has 1 heterocycles. The number of methoxy groups -OCH3 is 1. The fourth-order valence-corrected chi connectivity index (χ4v) is 3.05. The molecule has 0 saturated carbocycles. The van der Waals surface area contributed by atoms with Crippen LogP contribution in [0.1, 0.15) is 18.4 Å². The molecular weight excluding hydrogens is 312 g/mol. The number of piperidine rings is 1. The van der Waals surface area contributed by atoms with Crippen LogP contribution in [0.15, 0.2) is 24.3 Å². The molecule has 1 aromatic rings. The number of rotatable bonds is 7. The van der Waals surface area contributed by atoms with E-state index < -0.39 is 0 Å². The fraction of sp³-hybridized carbons (Fsp3) is 0.529. The number of hydrogen-bond acceptors (Lipinski definition) is 4. The SMILES string of the molecule is COc1ccccc1CN1C[C@@H](C(=O)NCCSC)CCC1=O. The van der Waals surface area contributed by atoms with E-state index in [1.54, 1.807) is 23.8 Å². The zero-order valence-corrected chi connectivity index (χ0v) is 14.5. The molecule has 1 aromatic carbocycles. The van der Waals surface area contributed by atoms with Crippen LogP contribution in [-0.4, -0.2) is 48.9 Å². The van der Waals surface area contributed by atoms with Gasteiger partial charge >= 0.3 is 0 Å². The second-order valence-corrected chi connectivity index (χ2v) is 6.59. The van der Waals surface area contributed by atoms with Crippen LogP contribution >= 0.6 is 11.8 Å². The van der Waals surface area contributed by atoms with Crippen molar-refractivity contribution in [3.8, 4) is 5.75 Å². The summed E-state index contributed by atoms with van der Waals surface area (Å²) in [5, 5.41) is 2.95. The highest BCUT2D eigenvalue weighted by Gasteiger charge is 2.30. The fourth-order valence-electron chi connectivity index (χ4n) is 2.74. The van der Waals surface area contributed by atoms with Crippen molar-refractivity contribution in [1.82, 2.24) is 10.2 Å². The van der Waals surface area contributed by atoms with Crippen molar-refractivity contribution < 1.29 is 14.3 Å². The van der Waals surface area contributed by atoms with E-state index in [-0.39, 0.29) is 17.7 Å². The van der Waals surface area contributed by atoms with E-state index in [4.69, 9.17) is 4.74 Å². The van der Waals surface area contributed by atoms with E-state index in [0.717, 1.165) is 17.1 Å². The lowest BCUT2D eigenvalue weighted by Crippen LogP contribution is -2.45. The Labute approximate surface area is 141 Å². The van der Waals surface area contributed by atoms with Gasteiger partial charge in [-0.15, -0.1) is 0 Å². The van der Waals surface area contributed by atoms with Crippen molar-refractivity contribution in [2.24, 2.45) is 5.92 Å². The molecule has 0 bridgehead atoms. The first kappa shape index (κ1) is 17.7. The van der Waals surface area contributed by atoms with Crippen molar-refractivity contribution >= 4 is 23.6 Å². The van der Waals surface area contributed by atoms with Gasteiger partial charge in [0.25, 0.3) is 0 Å². The van der Waals surface area contributed by atoms with E-state index >= 15 is 0 Å². The van der Waals surface area contributed by atoms with E-state index in [2.05, 4.69) is 5.32 Å². The van der Waals surface area contributed by atoms with Crippen LogP contribution < -0.4 is 10.1 Å². The molecule has 0 aliphatic carbocycles. The molecule has 1 saturated heterocycles. The van der Waals surface area contributed by atoms with Gasteiger partial charge in [-0.3, -0.25) is 9.59 Å². The Balaban J connectivity index is 1.98. The highest BCUT2D eigenvalue weighted by molar-refractivity contribution is 7.98. The summed E-state index contributed by atoms with van der Waals surface area (Å²) >= 11 is 1.70. The summed E-state index contributed by atoms with van der Waals surface area (Å²) in [7, 11) is 1.62. The molecule has 2 amide bonds. The number of hydrogen-bond donors (Lipinski definition) is 1. The topological polar surface area (TPSA) is 58.6 Å². The Morgan fingerprint density at radius 3 is 2.96 bits per heavy atom. The van der Waals surface area contributed by atoms with Gasteiger partial charge in [0, 0.05) is 37.4 Å². The van der Waals surface area contributed by atoms with E-state index in [0.29, 0.717) is 32.5 Å². The minimum atomic E-state index is -0.121. The molecule has 1 atom stereocenters. The summed E-state index contributed by atoms with van der Waals surface area (Å²) < 4.78 is 5.34. The molecule has 0 radical (unpaired) electrons. The number of carbonyl (C=O) groups is 2. The van der Waals surface area contributed by atoms with Gasteiger partial charge in [0.1, 0.15) is 5.75 Å². The Bertz CT molecular complexity index is 550. The molecule has 0 unspecified atom stereocenters. The Morgan fingerprint density at radius 2 is 2.22 bits per heavy atom. The molecule has 1 aliphatic heterocycles. The van der Waals surface area contributed by atoms with Crippen molar-refractivity contribution in [2.45, 2.75) is 19.4 Å². The second kappa shape index (κ2) is 8.82. The van der Waals surface area contributed by atoms with Crippen LogP contribution in [0.3, 0.4) is 0 Å². The molecule has 6 heteroatoms. The Hall–Kier alpha value is -1.69. The Morgan fingerprint density at radius 1 is 1.43 bits per heavy atom. The third-order valence-electron chi connectivity index (χ3n) is 4.03. The number of para-hydroxylation sites is 1. The normalized spacial score (nSPS) is 17.9. The smallest absolute Gasteiger partial charge is 0.224 e. The molecular formula is C17H24N2O3S. The average molecular weight is 336 g/mol. The summed E-state index contributed by atoms with van der Waals surface area (Å²) in [5.74, 6) is 1.71. The minimum absolute atomic E-state index is 0.0524. The van der Waals surface area contributed by atoms with Crippen LogP contribution in [0.4, 0.5) is 0 Å². The molecule has 1 N–H and O–H groups in total. The second-order valence-electron chi connectivity index (χ2n) is 5.61. The van der Waals surface area contributed by atoms with Crippen LogP contribution in [-0.2, 0) is 16.1 Å². The van der Waals surface area contributed by atoms with Gasteiger partial charge in [0.05, 0.1) is 13.0 Å². The van der Waals surface area contributed by atoms with Gasteiger partial charge < -0.3 is 15.0 Å². The number of carbonyl (C=O) groups excluding carboxylic acids is 2. The summed E-state index contributed by atoms with van der Waals surface area (Å²) in [6.45, 7) is 1.64. The van der Waals surface area contributed by atoms with E-state index in [1.807, 2.05) is 30.5 Å². The maximum Gasteiger partial charge on any atom is 0.224 e. The summed E-state index contributed by atoms with van der Waals surface area (Å²) in [6.07, 6.45) is 3.07. The van der Waals surface area contributed by atoms with Crippen LogP contribution in [0.25, 0.3) is 0 Å². The zero-order chi connectivity index (χ0) is 16.7. The number of benzene rings is 1. The first-order chi connectivity index (χ1) is 11.2. The van der Waals surface area contributed by atoms with Gasteiger partial charge in [-0.1, -0.05) is 18.2 Å². The molecule has 1 fully saturated rings. The van der Waals surface area contributed by atoms with Gasteiger partial charge in [-0.25, -0.2) is 0 Å². The zero-order valence-electron chi connectivity index (χ0n) is 13.7. The lowest BCUT2D eigenvalue weighted by Gasteiger charge is -2.32. The van der Waals surface area contributed by atoms with Crippen LogP contribution in [0, 0.1) is 5.92 Å². The molecule has 23 heavy (non-hydrogen) atoms. The molecule has 5 nitrogen and oxygen atoms in total. The van der Waals surface area contributed by atoms with Crippen LogP contribution in [0.5, 0.6) is 5.75 Å². The number of nitrogens with zero attached hydrogens (tertiary/aromatic N) is 1. The monoisotopic (exact) mass is 336 g/mol. The standard InChI is InChI=1S/C17H24N2O3S/c1-22-15-6-4-3-5-13(15)11-19-12-14(7-8-16(19)20)17(21)18-9-10-23-2/h3-6,14H,7-12H2,1-2H3,(H,18,21)/t14-/m0/s1. The third kappa shape index (κ3) is 4.89. The predicted octanol–water partition coefficient (Wildman–Crippen LogP) is 1.91. The molecule has 0 aromatic heterocycles. The number of likely N-dealkylation sites (tertiary alicyclic amines) is 1. The van der Waals surface area contributed by atoms with Crippen molar-refractivity contribution in [3.63, 3.8) is 0 Å². The first-order valence-corrected chi connectivity index (χ1v) is 9.21. The van der Waals surface area contributed by atoms with Gasteiger partial charge in [-0.05, 0) is 18.7 Å². The molecule has 1 aliphatic rings. The largest absolute Gasteiger partial charge is 0.496 e. The highest BCUT2D eigenvalue weighted by atomic mass is 32.2. The van der Waals surface area contributed by atoms with Crippen molar-refractivity contribution in [1.29, 1.82) is 0 Å². The lowest BCUT2D eigenvalue weighted by molar-refractivity contribution is -0.138. The average Bonchev–Trinajstić information content (AvgIpc) is 2.57.